The van der Waals surface area contributed by atoms with E-state index in [4.69, 9.17) is 4.74 Å². The fourth-order valence-electron chi connectivity index (χ4n) is 1.77. The highest BCUT2D eigenvalue weighted by atomic mass is 127. The van der Waals surface area contributed by atoms with E-state index in [0.29, 0.717) is 11.3 Å². The van der Waals surface area contributed by atoms with E-state index in [1.165, 1.54) is 0 Å². The quantitative estimate of drug-likeness (QED) is 0.646. The van der Waals surface area contributed by atoms with Crippen LogP contribution in [0.5, 0.6) is 5.75 Å². The smallest absolute Gasteiger partial charge is 0.259 e. The third kappa shape index (κ3) is 4.71. The molecule has 2 aromatic carbocycles. The maximum absolute atomic E-state index is 12.4. The normalized spacial score (nSPS) is 10.5. The molecule has 0 heterocycles. The minimum atomic E-state index is -0.187. The van der Waals surface area contributed by atoms with Gasteiger partial charge in [-0.25, -0.2) is 0 Å². The third-order valence-corrected chi connectivity index (χ3v) is 3.86. The second kappa shape index (κ2) is 7.26. The number of benzene rings is 2. The average molecular weight is 460 g/mol. The van der Waals surface area contributed by atoms with Gasteiger partial charge in [0, 0.05) is 13.7 Å². The number of ether oxygens (including phenoxy) is 1. The van der Waals surface area contributed by atoms with Crippen LogP contribution in [-0.2, 0) is 0 Å². The van der Waals surface area contributed by atoms with Crippen LogP contribution >= 0.6 is 38.5 Å². The van der Waals surface area contributed by atoms with Crippen LogP contribution in [0.25, 0.3) is 0 Å². The van der Waals surface area contributed by atoms with Gasteiger partial charge in [0.1, 0.15) is 5.75 Å². The van der Waals surface area contributed by atoms with Crippen molar-refractivity contribution in [1.29, 1.82) is 0 Å². The van der Waals surface area contributed by atoms with E-state index >= 15 is 0 Å². The first-order chi connectivity index (χ1) is 9.95. The van der Waals surface area contributed by atoms with Crippen LogP contribution in [0.3, 0.4) is 0 Å². The van der Waals surface area contributed by atoms with E-state index in [1.54, 1.807) is 12.1 Å². The van der Waals surface area contributed by atoms with Gasteiger partial charge in [-0.3, -0.25) is 4.79 Å². The molecular weight excluding hydrogens is 445 g/mol. The van der Waals surface area contributed by atoms with E-state index < -0.39 is 0 Å². The van der Waals surface area contributed by atoms with Crippen LogP contribution in [-0.4, -0.2) is 12.0 Å². The molecule has 21 heavy (non-hydrogen) atoms. The van der Waals surface area contributed by atoms with E-state index in [1.807, 2.05) is 44.2 Å². The van der Waals surface area contributed by atoms with Crippen molar-refractivity contribution >= 4 is 50.1 Å². The molecule has 2 aromatic rings. The number of amides is 1. The number of hydrogen-bond donors (Lipinski definition) is 1. The molecule has 0 spiro atoms. The van der Waals surface area contributed by atoms with Gasteiger partial charge in [0.25, 0.3) is 5.91 Å². The Kier molecular flexibility index (Phi) is 5.64. The summed E-state index contributed by atoms with van der Waals surface area (Å²) in [7, 11) is 0. The number of carbonyl (C=O) groups excluding carboxylic acids is 1. The zero-order valence-corrected chi connectivity index (χ0v) is 15.4. The van der Waals surface area contributed by atoms with Crippen molar-refractivity contribution in [3.05, 3.63) is 56.1 Å². The SMILES string of the molecule is CC(C)Oc1ccc(Br)cc1C(=O)Nc1ccc(I)cc1. The number of hydrogen-bond acceptors (Lipinski definition) is 2. The molecule has 0 saturated heterocycles. The number of anilines is 1. The molecule has 0 aliphatic carbocycles. The van der Waals surface area contributed by atoms with Crippen LogP contribution in [0.4, 0.5) is 5.69 Å². The molecule has 1 N–H and O–H groups in total. The lowest BCUT2D eigenvalue weighted by Gasteiger charge is -2.14. The lowest BCUT2D eigenvalue weighted by molar-refractivity contribution is 0.102. The summed E-state index contributed by atoms with van der Waals surface area (Å²) in [4.78, 5) is 12.4. The standard InChI is InChI=1S/C16H15BrINO2/c1-10(2)21-15-8-3-11(17)9-14(15)16(20)19-13-6-4-12(18)5-7-13/h3-10H,1-2H3,(H,19,20). The number of halogens is 2. The molecule has 0 bridgehead atoms. The molecule has 0 radical (unpaired) electrons. The second-order valence-corrected chi connectivity index (χ2v) is 6.93. The van der Waals surface area contributed by atoms with E-state index in [9.17, 15) is 4.79 Å². The fraction of sp³-hybridized carbons (Fsp3) is 0.188. The van der Waals surface area contributed by atoms with Gasteiger partial charge in [0.15, 0.2) is 0 Å². The van der Waals surface area contributed by atoms with Crippen LogP contribution < -0.4 is 10.1 Å². The van der Waals surface area contributed by atoms with Crippen LogP contribution in [0.1, 0.15) is 24.2 Å². The maximum Gasteiger partial charge on any atom is 0.259 e. The molecule has 110 valence electrons. The largest absolute Gasteiger partial charge is 0.490 e. The Morgan fingerprint density at radius 3 is 2.48 bits per heavy atom. The lowest BCUT2D eigenvalue weighted by atomic mass is 10.1. The predicted molar refractivity (Wildman–Crippen MR) is 97.0 cm³/mol. The van der Waals surface area contributed by atoms with Crippen molar-refractivity contribution in [3.8, 4) is 5.75 Å². The summed E-state index contributed by atoms with van der Waals surface area (Å²) in [6.07, 6.45) is 0.0102. The minimum absolute atomic E-state index is 0.0102. The minimum Gasteiger partial charge on any atom is -0.490 e. The summed E-state index contributed by atoms with van der Waals surface area (Å²) in [6, 6.07) is 13.1. The summed E-state index contributed by atoms with van der Waals surface area (Å²) in [5.41, 5.74) is 1.27. The Morgan fingerprint density at radius 1 is 1.19 bits per heavy atom. The van der Waals surface area contributed by atoms with Crippen molar-refractivity contribution in [2.45, 2.75) is 20.0 Å². The van der Waals surface area contributed by atoms with Crippen molar-refractivity contribution in [3.63, 3.8) is 0 Å². The van der Waals surface area contributed by atoms with E-state index in [-0.39, 0.29) is 12.0 Å². The van der Waals surface area contributed by atoms with Crippen molar-refractivity contribution in [1.82, 2.24) is 0 Å². The van der Waals surface area contributed by atoms with Crippen molar-refractivity contribution in [2.24, 2.45) is 0 Å². The van der Waals surface area contributed by atoms with Crippen LogP contribution in [0.2, 0.25) is 0 Å². The third-order valence-electron chi connectivity index (χ3n) is 2.65. The fourth-order valence-corrected chi connectivity index (χ4v) is 2.49. The monoisotopic (exact) mass is 459 g/mol. The Morgan fingerprint density at radius 2 is 1.86 bits per heavy atom. The number of carbonyl (C=O) groups is 1. The van der Waals surface area contributed by atoms with Crippen molar-refractivity contribution < 1.29 is 9.53 Å². The molecule has 2 rings (SSSR count). The molecule has 0 unspecified atom stereocenters. The van der Waals surface area contributed by atoms with Gasteiger partial charge >= 0.3 is 0 Å². The molecule has 0 fully saturated rings. The van der Waals surface area contributed by atoms with Gasteiger partial charge in [-0.05, 0) is 78.9 Å². The molecule has 3 nitrogen and oxygen atoms in total. The Hall–Kier alpha value is -1.08. The summed E-state index contributed by atoms with van der Waals surface area (Å²) in [5, 5.41) is 2.88. The van der Waals surface area contributed by atoms with Gasteiger partial charge in [0.05, 0.1) is 11.7 Å². The topological polar surface area (TPSA) is 38.3 Å². The first kappa shape index (κ1) is 16.3. The summed E-state index contributed by atoms with van der Waals surface area (Å²) in [5.74, 6) is 0.393. The summed E-state index contributed by atoms with van der Waals surface area (Å²) in [6.45, 7) is 3.87. The van der Waals surface area contributed by atoms with Gasteiger partial charge < -0.3 is 10.1 Å². The first-order valence-corrected chi connectivity index (χ1v) is 8.36. The maximum atomic E-state index is 12.4. The van der Waals surface area contributed by atoms with Gasteiger partial charge in [-0.1, -0.05) is 15.9 Å². The molecule has 5 heteroatoms. The highest BCUT2D eigenvalue weighted by molar-refractivity contribution is 14.1. The average Bonchev–Trinajstić information content (AvgIpc) is 2.43. The predicted octanol–water partition coefficient (Wildman–Crippen LogP) is 5.09. The van der Waals surface area contributed by atoms with E-state index in [0.717, 1.165) is 13.7 Å². The summed E-state index contributed by atoms with van der Waals surface area (Å²) < 4.78 is 7.66. The Balaban J connectivity index is 2.25. The number of rotatable bonds is 4. The van der Waals surface area contributed by atoms with Gasteiger partial charge in [0.2, 0.25) is 0 Å². The molecular formula is C16H15BrINO2. The van der Waals surface area contributed by atoms with Gasteiger partial charge in [-0.2, -0.15) is 0 Å². The molecule has 0 aromatic heterocycles. The lowest BCUT2D eigenvalue weighted by Crippen LogP contribution is -2.15. The molecule has 0 atom stereocenters. The molecule has 0 aliphatic heterocycles. The highest BCUT2D eigenvalue weighted by Crippen LogP contribution is 2.25. The first-order valence-electron chi connectivity index (χ1n) is 6.49. The van der Waals surface area contributed by atoms with Gasteiger partial charge in [-0.15, -0.1) is 0 Å². The Labute approximate surface area is 146 Å². The molecule has 0 saturated carbocycles. The zero-order valence-electron chi connectivity index (χ0n) is 11.7. The van der Waals surface area contributed by atoms with Crippen LogP contribution in [0, 0.1) is 3.57 Å². The van der Waals surface area contributed by atoms with Crippen LogP contribution in [0.15, 0.2) is 46.9 Å². The van der Waals surface area contributed by atoms with E-state index in [2.05, 4.69) is 43.8 Å². The molecule has 0 aliphatic rings. The highest BCUT2D eigenvalue weighted by Gasteiger charge is 2.14. The number of nitrogens with one attached hydrogen (secondary N) is 1. The second-order valence-electron chi connectivity index (χ2n) is 4.77. The zero-order chi connectivity index (χ0) is 15.4. The molecule has 1 amide bonds. The van der Waals surface area contributed by atoms with Crippen molar-refractivity contribution in [2.75, 3.05) is 5.32 Å². The Bertz CT molecular complexity index is 641. The summed E-state index contributed by atoms with van der Waals surface area (Å²) >= 11 is 5.61.